The molecule has 3 nitrogen and oxygen atoms in total. The lowest BCUT2D eigenvalue weighted by atomic mass is 10.2. The second kappa shape index (κ2) is 8.45. The lowest BCUT2D eigenvalue weighted by molar-refractivity contribution is 0.199. The minimum atomic E-state index is 0.598. The molecule has 0 aliphatic heterocycles. The van der Waals surface area contributed by atoms with Gasteiger partial charge in [-0.3, -0.25) is 0 Å². The molecular weight excluding hydrogens is 262 g/mol. The van der Waals surface area contributed by atoms with Gasteiger partial charge in [0.25, 0.3) is 0 Å². The second-order valence-electron chi connectivity index (χ2n) is 5.09. The highest BCUT2D eigenvalue weighted by Crippen LogP contribution is 2.15. The predicted molar refractivity (Wildman–Crippen MR) is 85.5 cm³/mol. The fourth-order valence-corrected chi connectivity index (χ4v) is 2.00. The van der Waals surface area contributed by atoms with Crippen molar-refractivity contribution in [1.82, 2.24) is 5.32 Å². The molecule has 112 valence electrons. The third kappa shape index (κ3) is 5.58. The van der Waals surface area contributed by atoms with Gasteiger partial charge in [0.2, 0.25) is 0 Å². The van der Waals surface area contributed by atoms with Crippen LogP contribution in [0.2, 0.25) is 0 Å². The summed E-state index contributed by atoms with van der Waals surface area (Å²) in [7, 11) is 1.71. The summed E-state index contributed by atoms with van der Waals surface area (Å²) >= 11 is 0. The van der Waals surface area contributed by atoms with Gasteiger partial charge in [-0.1, -0.05) is 42.0 Å². The Labute approximate surface area is 126 Å². The van der Waals surface area contributed by atoms with Gasteiger partial charge in [-0.15, -0.1) is 0 Å². The normalized spacial score (nSPS) is 10.6. The molecule has 0 atom stereocenters. The third-order valence-corrected chi connectivity index (χ3v) is 3.24. The van der Waals surface area contributed by atoms with Crippen LogP contribution in [0.3, 0.4) is 0 Å². The molecule has 0 aliphatic carbocycles. The van der Waals surface area contributed by atoms with Crippen LogP contribution < -0.4 is 10.1 Å². The molecule has 0 amide bonds. The fraction of sp³-hybridized carbons (Fsp3) is 0.333. The summed E-state index contributed by atoms with van der Waals surface area (Å²) in [5.41, 5.74) is 3.67. The summed E-state index contributed by atoms with van der Waals surface area (Å²) in [5, 5.41) is 3.33. The summed E-state index contributed by atoms with van der Waals surface area (Å²) in [5.74, 6) is 0.904. The molecule has 0 heterocycles. The van der Waals surface area contributed by atoms with Crippen LogP contribution in [0, 0.1) is 6.92 Å². The lowest BCUT2D eigenvalue weighted by Gasteiger charge is -2.09. The van der Waals surface area contributed by atoms with E-state index in [-0.39, 0.29) is 0 Å². The molecule has 0 saturated heterocycles. The van der Waals surface area contributed by atoms with Crippen molar-refractivity contribution in [2.75, 3.05) is 20.3 Å². The van der Waals surface area contributed by atoms with E-state index in [9.17, 15) is 0 Å². The number of methoxy groups -OCH3 is 1. The Bertz CT molecular complexity index is 537. The van der Waals surface area contributed by atoms with E-state index in [4.69, 9.17) is 9.47 Å². The summed E-state index contributed by atoms with van der Waals surface area (Å²) < 4.78 is 10.9. The van der Waals surface area contributed by atoms with Crippen LogP contribution in [0.15, 0.2) is 48.5 Å². The van der Waals surface area contributed by atoms with Gasteiger partial charge < -0.3 is 14.8 Å². The first kappa shape index (κ1) is 15.5. The number of hydrogen-bond acceptors (Lipinski definition) is 3. The largest absolute Gasteiger partial charge is 0.489 e. The van der Waals surface area contributed by atoms with Gasteiger partial charge in [-0.25, -0.2) is 0 Å². The van der Waals surface area contributed by atoms with Gasteiger partial charge in [0.05, 0.1) is 6.61 Å². The number of rotatable bonds is 8. The summed E-state index contributed by atoms with van der Waals surface area (Å²) in [6, 6.07) is 16.6. The van der Waals surface area contributed by atoms with E-state index in [0.29, 0.717) is 6.61 Å². The van der Waals surface area contributed by atoms with Gasteiger partial charge in [0, 0.05) is 20.2 Å². The molecule has 3 heteroatoms. The highest BCUT2D eigenvalue weighted by molar-refractivity contribution is 5.29. The monoisotopic (exact) mass is 285 g/mol. The molecule has 0 aromatic heterocycles. The zero-order valence-electron chi connectivity index (χ0n) is 12.8. The SMILES string of the molecule is COCCNCc1cccc(OCc2ccc(C)cc2)c1. The van der Waals surface area contributed by atoms with Crippen LogP contribution >= 0.6 is 0 Å². The first-order chi connectivity index (χ1) is 10.3. The summed E-state index contributed by atoms with van der Waals surface area (Å²) in [6.07, 6.45) is 0. The summed E-state index contributed by atoms with van der Waals surface area (Å²) in [4.78, 5) is 0. The van der Waals surface area contributed by atoms with E-state index in [2.05, 4.69) is 48.6 Å². The van der Waals surface area contributed by atoms with Crippen molar-refractivity contribution in [3.05, 3.63) is 65.2 Å². The molecule has 21 heavy (non-hydrogen) atoms. The minimum Gasteiger partial charge on any atom is -0.489 e. The number of hydrogen-bond donors (Lipinski definition) is 1. The highest BCUT2D eigenvalue weighted by atomic mass is 16.5. The maximum atomic E-state index is 5.85. The topological polar surface area (TPSA) is 30.5 Å². The lowest BCUT2D eigenvalue weighted by Crippen LogP contribution is -2.18. The Morgan fingerprint density at radius 3 is 2.57 bits per heavy atom. The van der Waals surface area contributed by atoms with Crippen molar-refractivity contribution in [2.24, 2.45) is 0 Å². The average molecular weight is 285 g/mol. The molecule has 0 aliphatic rings. The Hall–Kier alpha value is -1.84. The first-order valence-corrected chi connectivity index (χ1v) is 7.25. The number of benzene rings is 2. The van der Waals surface area contributed by atoms with Crippen molar-refractivity contribution < 1.29 is 9.47 Å². The predicted octanol–water partition coefficient (Wildman–Crippen LogP) is 3.31. The molecule has 0 spiro atoms. The average Bonchev–Trinajstić information content (AvgIpc) is 2.52. The van der Waals surface area contributed by atoms with Gasteiger partial charge in [-0.2, -0.15) is 0 Å². The Morgan fingerprint density at radius 1 is 1.00 bits per heavy atom. The molecular formula is C18H23NO2. The number of nitrogens with one attached hydrogen (secondary N) is 1. The van der Waals surface area contributed by atoms with Crippen molar-refractivity contribution in [1.29, 1.82) is 0 Å². The van der Waals surface area contributed by atoms with E-state index in [0.717, 1.165) is 25.4 Å². The molecule has 0 saturated carbocycles. The minimum absolute atomic E-state index is 0.598. The van der Waals surface area contributed by atoms with Crippen LogP contribution in [0.5, 0.6) is 5.75 Å². The van der Waals surface area contributed by atoms with Gasteiger partial charge in [0.15, 0.2) is 0 Å². The van der Waals surface area contributed by atoms with Crippen molar-refractivity contribution in [2.45, 2.75) is 20.1 Å². The Morgan fingerprint density at radius 2 is 1.81 bits per heavy atom. The second-order valence-corrected chi connectivity index (χ2v) is 5.09. The van der Waals surface area contributed by atoms with Gasteiger partial charge >= 0.3 is 0 Å². The van der Waals surface area contributed by atoms with E-state index >= 15 is 0 Å². The summed E-state index contributed by atoms with van der Waals surface area (Å²) in [6.45, 7) is 5.09. The molecule has 0 radical (unpaired) electrons. The van der Waals surface area contributed by atoms with E-state index in [1.807, 2.05) is 12.1 Å². The van der Waals surface area contributed by atoms with E-state index < -0.39 is 0 Å². The van der Waals surface area contributed by atoms with E-state index in [1.165, 1.54) is 16.7 Å². The smallest absolute Gasteiger partial charge is 0.120 e. The highest BCUT2D eigenvalue weighted by Gasteiger charge is 1.99. The molecule has 0 unspecified atom stereocenters. The number of aryl methyl sites for hydroxylation is 1. The van der Waals surface area contributed by atoms with Gasteiger partial charge in [0.1, 0.15) is 12.4 Å². The zero-order valence-corrected chi connectivity index (χ0v) is 12.8. The molecule has 0 fully saturated rings. The van der Waals surface area contributed by atoms with E-state index in [1.54, 1.807) is 7.11 Å². The Balaban J connectivity index is 1.84. The van der Waals surface area contributed by atoms with Crippen LogP contribution in [-0.4, -0.2) is 20.3 Å². The Kier molecular flexibility index (Phi) is 6.25. The number of ether oxygens (including phenoxy) is 2. The maximum Gasteiger partial charge on any atom is 0.120 e. The van der Waals surface area contributed by atoms with Crippen LogP contribution in [0.4, 0.5) is 0 Å². The first-order valence-electron chi connectivity index (χ1n) is 7.25. The maximum absolute atomic E-state index is 5.85. The quantitative estimate of drug-likeness (QED) is 0.755. The van der Waals surface area contributed by atoms with Crippen molar-refractivity contribution in [3.63, 3.8) is 0 Å². The van der Waals surface area contributed by atoms with Gasteiger partial charge in [-0.05, 0) is 30.2 Å². The molecule has 2 rings (SSSR count). The third-order valence-electron chi connectivity index (χ3n) is 3.24. The van der Waals surface area contributed by atoms with Crippen LogP contribution in [0.25, 0.3) is 0 Å². The zero-order chi connectivity index (χ0) is 14.9. The molecule has 2 aromatic carbocycles. The van der Waals surface area contributed by atoms with Crippen LogP contribution in [0.1, 0.15) is 16.7 Å². The van der Waals surface area contributed by atoms with Crippen LogP contribution in [-0.2, 0) is 17.9 Å². The molecule has 0 bridgehead atoms. The standard InChI is InChI=1S/C18H23NO2/c1-15-6-8-16(9-7-15)14-21-18-5-3-4-17(12-18)13-19-10-11-20-2/h3-9,12,19H,10-11,13-14H2,1-2H3. The van der Waals surface area contributed by atoms with Crippen molar-refractivity contribution >= 4 is 0 Å². The molecule has 2 aromatic rings. The fourth-order valence-electron chi connectivity index (χ4n) is 2.00. The van der Waals surface area contributed by atoms with Crippen molar-refractivity contribution in [3.8, 4) is 5.75 Å². The molecule has 1 N–H and O–H groups in total.